The van der Waals surface area contributed by atoms with Gasteiger partial charge < -0.3 is 4.74 Å². The topological polar surface area (TPSA) is 43.4 Å². The molecule has 3 nitrogen and oxygen atoms in total. The Labute approximate surface area is 156 Å². The smallest absolute Gasteiger partial charge is 0.307 e. The van der Waals surface area contributed by atoms with Crippen molar-refractivity contribution in [1.29, 1.82) is 0 Å². The van der Waals surface area contributed by atoms with Crippen LogP contribution in [0.2, 0.25) is 0 Å². The van der Waals surface area contributed by atoms with Crippen LogP contribution in [0.3, 0.4) is 0 Å². The number of aryl methyl sites for hydroxylation is 3. The lowest BCUT2D eigenvalue weighted by Crippen LogP contribution is -2.26. The van der Waals surface area contributed by atoms with Crippen LogP contribution in [0, 0.1) is 12.3 Å². The second kappa shape index (κ2) is 7.38. The highest BCUT2D eigenvalue weighted by molar-refractivity contribution is 6.25. The number of ketones is 1. The molecule has 0 atom stereocenters. The van der Waals surface area contributed by atoms with Crippen LogP contribution in [0.5, 0.6) is 0 Å². The van der Waals surface area contributed by atoms with Crippen molar-refractivity contribution in [3.05, 3.63) is 40.1 Å². The van der Waals surface area contributed by atoms with Gasteiger partial charge in [-0.1, -0.05) is 50.8 Å². The molecule has 1 aromatic rings. The second-order valence-corrected chi connectivity index (χ2v) is 7.90. The molecule has 2 aliphatic rings. The predicted molar refractivity (Wildman–Crippen MR) is 104 cm³/mol. The highest BCUT2D eigenvalue weighted by atomic mass is 16.5. The van der Waals surface area contributed by atoms with Gasteiger partial charge in [0.25, 0.3) is 0 Å². The van der Waals surface area contributed by atoms with Crippen molar-refractivity contribution in [1.82, 2.24) is 0 Å². The van der Waals surface area contributed by atoms with E-state index < -0.39 is 0 Å². The molecule has 0 N–H and O–H groups in total. The molecule has 0 heterocycles. The summed E-state index contributed by atoms with van der Waals surface area (Å²) < 4.78 is 5.79. The van der Waals surface area contributed by atoms with Gasteiger partial charge in [-0.2, -0.15) is 0 Å². The Bertz CT molecular complexity index is 739. The first-order valence-electron chi connectivity index (χ1n) is 10.0. The highest BCUT2D eigenvalue weighted by Crippen LogP contribution is 2.54. The normalized spacial score (nSPS) is 19.3. The Morgan fingerprint density at radius 2 is 1.65 bits per heavy atom. The maximum atomic E-state index is 13.2. The summed E-state index contributed by atoms with van der Waals surface area (Å²) in [7, 11) is 0. The van der Waals surface area contributed by atoms with E-state index in [0.717, 1.165) is 44.1 Å². The van der Waals surface area contributed by atoms with E-state index in [9.17, 15) is 9.59 Å². The molecule has 1 aromatic carbocycles. The van der Waals surface area contributed by atoms with Crippen molar-refractivity contribution in [2.24, 2.45) is 5.41 Å². The minimum Gasteiger partial charge on any atom is -0.430 e. The zero-order chi connectivity index (χ0) is 18.9. The number of carbonyl (C=O) groups excluding carboxylic acids is 2. The summed E-state index contributed by atoms with van der Waals surface area (Å²) in [5, 5.41) is 0. The van der Waals surface area contributed by atoms with Crippen molar-refractivity contribution in [3.8, 4) is 0 Å². The number of hydrogen-bond acceptors (Lipinski definition) is 3. The molecule has 2 aliphatic carbocycles. The molecule has 26 heavy (non-hydrogen) atoms. The molecule has 0 aliphatic heterocycles. The first-order valence-corrected chi connectivity index (χ1v) is 10.0. The second-order valence-electron chi connectivity index (χ2n) is 7.90. The van der Waals surface area contributed by atoms with Gasteiger partial charge in [0.1, 0.15) is 5.76 Å². The number of carbonyl (C=O) groups is 2. The van der Waals surface area contributed by atoms with E-state index in [1.165, 1.54) is 30.0 Å². The van der Waals surface area contributed by atoms with Gasteiger partial charge in [-0.05, 0) is 49.3 Å². The Hall–Kier alpha value is -1.90. The van der Waals surface area contributed by atoms with Gasteiger partial charge in [-0.3, -0.25) is 9.59 Å². The van der Waals surface area contributed by atoms with Crippen molar-refractivity contribution in [3.63, 3.8) is 0 Å². The third kappa shape index (κ3) is 3.24. The minimum atomic E-state index is -0.319. The summed E-state index contributed by atoms with van der Waals surface area (Å²) in [5.74, 6) is 0.500. The van der Waals surface area contributed by atoms with Crippen LogP contribution in [-0.2, 0) is 27.2 Å². The van der Waals surface area contributed by atoms with Crippen molar-refractivity contribution in [2.75, 3.05) is 0 Å². The Morgan fingerprint density at radius 1 is 1.08 bits per heavy atom. The number of rotatable bonds is 4. The summed E-state index contributed by atoms with van der Waals surface area (Å²) in [6.45, 7) is 7.79. The molecule has 3 heteroatoms. The fourth-order valence-corrected chi connectivity index (χ4v) is 4.88. The van der Waals surface area contributed by atoms with Crippen LogP contribution in [0.1, 0.15) is 81.5 Å². The molecular weight excluding hydrogens is 324 g/mol. The lowest BCUT2D eigenvalue weighted by molar-refractivity contribution is -0.139. The van der Waals surface area contributed by atoms with E-state index in [1.807, 2.05) is 0 Å². The molecule has 0 aromatic heterocycles. The fraction of sp³-hybridized carbons (Fsp3) is 0.565. The van der Waals surface area contributed by atoms with E-state index in [2.05, 4.69) is 32.9 Å². The van der Waals surface area contributed by atoms with E-state index >= 15 is 0 Å². The zero-order valence-corrected chi connectivity index (χ0v) is 16.5. The summed E-state index contributed by atoms with van der Waals surface area (Å²) in [4.78, 5) is 25.1. The Kier molecular flexibility index (Phi) is 5.36. The van der Waals surface area contributed by atoms with Crippen molar-refractivity contribution >= 4 is 17.3 Å². The van der Waals surface area contributed by atoms with Gasteiger partial charge >= 0.3 is 5.97 Å². The standard InChI is InChI=1S/C23H30O3/c1-5-17-12-15(3)13-18(6-2)20(17)21-19(25)14-23(10-8-7-9-11-23)22(21)26-16(4)24/h12-13H,5-11,14H2,1-4H3. The molecular formula is C23H30O3. The largest absolute Gasteiger partial charge is 0.430 e. The number of Topliss-reactive ketones (excluding diaryl/α,β-unsaturated/α-hetero) is 1. The molecule has 140 valence electrons. The summed E-state index contributed by atoms with van der Waals surface area (Å²) in [6.07, 6.45) is 7.50. The van der Waals surface area contributed by atoms with Gasteiger partial charge in [0.2, 0.25) is 0 Å². The van der Waals surface area contributed by atoms with Crippen molar-refractivity contribution in [2.45, 2.75) is 79.1 Å². The van der Waals surface area contributed by atoms with Crippen LogP contribution in [-0.4, -0.2) is 11.8 Å². The van der Waals surface area contributed by atoms with Gasteiger partial charge in [0, 0.05) is 18.8 Å². The van der Waals surface area contributed by atoms with Crippen LogP contribution in [0.4, 0.5) is 0 Å². The lowest BCUT2D eigenvalue weighted by Gasteiger charge is -2.34. The third-order valence-electron chi connectivity index (χ3n) is 6.00. The number of hydrogen-bond donors (Lipinski definition) is 0. The molecule has 0 saturated heterocycles. The van der Waals surface area contributed by atoms with Gasteiger partial charge in [-0.25, -0.2) is 0 Å². The van der Waals surface area contributed by atoms with Gasteiger partial charge in [0.05, 0.1) is 5.57 Å². The number of ether oxygens (including phenoxy) is 1. The fourth-order valence-electron chi connectivity index (χ4n) is 4.88. The SMILES string of the molecule is CCc1cc(C)cc(CC)c1C1=C(OC(C)=O)C2(CCCCC2)CC1=O. The molecule has 0 amide bonds. The third-order valence-corrected chi connectivity index (χ3v) is 6.00. The van der Waals surface area contributed by atoms with Gasteiger partial charge in [0.15, 0.2) is 5.78 Å². The average Bonchev–Trinajstić information content (AvgIpc) is 2.85. The molecule has 1 saturated carbocycles. The molecule has 0 radical (unpaired) electrons. The van der Waals surface area contributed by atoms with E-state index in [1.54, 1.807) is 0 Å². The van der Waals surface area contributed by atoms with E-state index in [0.29, 0.717) is 17.8 Å². The molecule has 3 rings (SSSR count). The molecule has 1 spiro atoms. The van der Waals surface area contributed by atoms with E-state index in [-0.39, 0.29) is 17.2 Å². The number of benzene rings is 1. The predicted octanol–water partition coefficient (Wildman–Crippen LogP) is 5.32. The van der Waals surface area contributed by atoms with Gasteiger partial charge in [-0.15, -0.1) is 0 Å². The van der Waals surface area contributed by atoms with Crippen LogP contribution in [0.15, 0.2) is 17.9 Å². The minimum absolute atomic E-state index is 0.149. The maximum Gasteiger partial charge on any atom is 0.307 e. The van der Waals surface area contributed by atoms with Crippen molar-refractivity contribution < 1.29 is 14.3 Å². The van der Waals surface area contributed by atoms with Crippen LogP contribution in [0.25, 0.3) is 5.57 Å². The lowest BCUT2D eigenvalue weighted by atomic mass is 9.72. The number of esters is 1. The first kappa shape index (κ1) is 18.9. The Morgan fingerprint density at radius 3 is 2.15 bits per heavy atom. The maximum absolute atomic E-state index is 13.2. The molecule has 0 unspecified atom stereocenters. The monoisotopic (exact) mass is 354 g/mol. The quantitative estimate of drug-likeness (QED) is 0.688. The van der Waals surface area contributed by atoms with Crippen LogP contribution >= 0.6 is 0 Å². The molecule has 1 fully saturated rings. The summed E-state index contributed by atoms with van der Waals surface area (Å²) in [5.41, 5.74) is 5.04. The number of allylic oxidation sites excluding steroid dienone is 2. The molecule has 0 bridgehead atoms. The van der Waals surface area contributed by atoms with Crippen LogP contribution < -0.4 is 0 Å². The zero-order valence-electron chi connectivity index (χ0n) is 16.5. The highest BCUT2D eigenvalue weighted by Gasteiger charge is 2.49. The average molecular weight is 354 g/mol. The first-order chi connectivity index (χ1) is 12.4. The summed E-state index contributed by atoms with van der Waals surface area (Å²) in [6, 6.07) is 4.35. The summed E-state index contributed by atoms with van der Waals surface area (Å²) >= 11 is 0. The Balaban J connectivity index is 2.27. The van der Waals surface area contributed by atoms with E-state index in [4.69, 9.17) is 4.74 Å².